The van der Waals surface area contributed by atoms with Crippen molar-refractivity contribution in [3.63, 3.8) is 0 Å². The van der Waals surface area contributed by atoms with E-state index < -0.39 is 0 Å². The van der Waals surface area contributed by atoms with Crippen molar-refractivity contribution in [3.8, 4) is 5.75 Å². The van der Waals surface area contributed by atoms with Crippen LogP contribution in [-0.4, -0.2) is 15.7 Å². The van der Waals surface area contributed by atoms with E-state index in [1.54, 1.807) is 29.1 Å². The average molecular weight is 384 g/mol. The van der Waals surface area contributed by atoms with Gasteiger partial charge in [-0.05, 0) is 37.1 Å². The zero-order chi connectivity index (χ0) is 19.2. The quantitative estimate of drug-likeness (QED) is 0.639. The van der Waals surface area contributed by atoms with Crippen LogP contribution in [0.5, 0.6) is 5.75 Å². The fourth-order valence-electron chi connectivity index (χ4n) is 2.70. The molecule has 0 aliphatic carbocycles. The molecule has 1 aromatic heterocycles. The molecule has 3 rings (SSSR count). The van der Waals surface area contributed by atoms with E-state index in [9.17, 15) is 4.79 Å². The zero-order valence-corrected chi connectivity index (χ0v) is 16.1. The van der Waals surface area contributed by atoms with Crippen molar-refractivity contribution < 1.29 is 9.53 Å². The molecule has 0 aliphatic rings. The van der Waals surface area contributed by atoms with Crippen molar-refractivity contribution in [1.82, 2.24) is 15.1 Å². The molecule has 0 aliphatic heterocycles. The Morgan fingerprint density at radius 1 is 1.19 bits per heavy atom. The van der Waals surface area contributed by atoms with Gasteiger partial charge in [-0.1, -0.05) is 60.5 Å². The van der Waals surface area contributed by atoms with E-state index in [1.165, 1.54) is 5.56 Å². The van der Waals surface area contributed by atoms with E-state index in [2.05, 4.69) is 10.4 Å². The highest BCUT2D eigenvalue weighted by Gasteiger charge is 2.16. The number of rotatable bonds is 7. The number of aromatic nitrogens is 2. The third kappa shape index (κ3) is 4.89. The second-order valence-corrected chi connectivity index (χ2v) is 6.70. The third-order valence-corrected chi connectivity index (χ3v) is 4.57. The predicted molar refractivity (Wildman–Crippen MR) is 106 cm³/mol. The molecule has 6 heteroatoms. The van der Waals surface area contributed by atoms with Crippen LogP contribution in [0.2, 0.25) is 5.02 Å². The van der Waals surface area contributed by atoms with Gasteiger partial charge in [-0.25, -0.2) is 4.68 Å². The van der Waals surface area contributed by atoms with Gasteiger partial charge in [-0.3, -0.25) is 4.79 Å². The van der Waals surface area contributed by atoms with Crippen LogP contribution in [-0.2, 0) is 6.73 Å². The summed E-state index contributed by atoms with van der Waals surface area (Å²) in [5.74, 6) is 0.366. The van der Waals surface area contributed by atoms with E-state index in [0.29, 0.717) is 16.5 Å². The summed E-state index contributed by atoms with van der Waals surface area (Å²) in [4.78, 5) is 12.5. The van der Waals surface area contributed by atoms with Gasteiger partial charge in [0.1, 0.15) is 11.4 Å². The number of para-hydroxylation sites is 1. The number of nitrogens with zero attached hydrogens (tertiary/aromatic N) is 2. The number of ether oxygens (including phenoxy) is 1. The van der Waals surface area contributed by atoms with Crippen molar-refractivity contribution in [2.75, 3.05) is 0 Å². The highest BCUT2D eigenvalue weighted by atomic mass is 35.5. The predicted octanol–water partition coefficient (Wildman–Crippen LogP) is 4.76. The maximum absolute atomic E-state index is 12.5. The number of hydrogen-bond acceptors (Lipinski definition) is 3. The van der Waals surface area contributed by atoms with Gasteiger partial charge in [0.05, 0.1) is 11.1 Å². The first-order valence-electron chi connectivity index (χ1n) is 8.85. The third-order valence-electron chi connectivity index (χ3n) is 4.26. The number of carbonyl (C=O) groups excluding carboxylic acids is 1. The lowest BCUT2D eigenvalue weighted by atomic mass is 10.0. The largest absolute Gasteiger partial charge is 0.470 e. The Kier molecular flexibility index (Phi) is 6.14. The highest BCUT2D eigenvalue weighted by Crippen LogP contribution is 2.23. The number of halogens is 1. The van der Waals surface area contributed by atoms with Crippen LogP contribution in [0.3, 0.4) is 0 Å². The minimum absolute atomic E-state index is 0.0531. The van der Waals surface area contributed by atoms with Crippen LogP contribution >= 0.6 is 11.6 Å². The molecule has 1 N–H and O–H groups in total. The first-order valence-corrected chi connectivity index (χ1v) is 9.23. The number of nitrogens with one attached hydrogen (secondary N) is 1. The van der Waals surface area contributed by atoms with Gasteiger partial charge >= 0.3 is 0 Å². The van der Waals surface area contributed by atoms with Crippen LogP contribution < -0.4 is 10.1 Å². The molecular weight excluding hydrogens is 362 g/mol. The summed E-state index contributed by atoms with van der Waals surface area (Å²) in [6.45, 7) is 4.26. The van der Waals surface area contributed by atoms with E-state index in [-0.39, 0.29) is 18.7 Å². The Hall–Kier alpha value is -2.79. The summed E-state index contributed by atoms with van der Waals surface area (Å²) in [6, 6.07) is 17.0. The summed E-state index contributed by atoms with van der Waals surface area (Å²) >= 11 is 6.07. The molecule has 1 unspecified atom stereocenters. The molecule has 0 saturated carbocycles. The van der Waals surface area contributed by atoms with Gasteiger partial charge in [0.25, 0.3) is 5.91 Å². The normalized spacial score (nSPS) is 11.8. The molecule has 0 bridgehead atoms. The molecule has 1 atom stereocenters. The van der Waals surface area contributed by atoms with Gasteiger partial charge in [-0.2, -0.15) is 5.10 Å². The first kappa shape index (κ1) is 19.0. The van der Waals surface area contributed by atoms with Crippen LogP contribution in [0.4, 0.5) is 0 Å². The summed E-state index contributed by atoms with van der Waals surface area (Å²) < 4.78 is 7.20. The Balaban J connectivity index is 1.62. The molecule has 2 aromatic carbocycles. The lowest BCUT2D eigenvalue weighted by Crippen LogP contribution is -2.28. The van der Waals surface area contributed by atoms with Crippen molar-refractivity contribution in [3.05, 3.63) is 82.6 Å². The number of aryl methyl sites for hydroxylation is 1. The molecule has 27 heavy (non-hydrogen) atoms. The first-order chi connectivity index (χ1) is 13.1. The monoisotopic (exact) mass is 383 g/mol. The topological polar surface area (TPSA) is 56.2 Å². The summed E-state index contributed by atoms with van der Waals surface area (Å²) in [5.41, 5.74) is 2.62. The minimum atomic E-state index is -0.209. The summed E-state index contributed by atoms with van der Waals surface area (Å²) in [5, 5.41) is 7.86. The molecule has 5 nitrogen and oxygen atoms in total. The van der Waals surface area contributed by atoms with Gasteiger partial charge in [0, 0.05) is 6.20 Å². The zero-order valence-electron chi connectivity index (χ0n) is 15.4. The molecule has 1 amide bonds. The van der Waals surface area contributed by atoms with E-state index >= 15 is 0 Å². The van der Waals surface area contributed by atoms with Crippen molar-refractivity contribution in [2.24, 2.45) is 0 Å². The number of benzene rings is 2. The number of amides is 1. The molecule has 140 valence electrons. The standard InChI is InChI=1S/C21H22ClN3O2/c1-3-18(16-10-8-15(2)9-11-16)23-21(26)19-12-13-25(24-19)14-27-20-7-5-4-6-17(20)22/h4-13,18H,3,14H2,1-2H3,(H,23,26). The molecule has 1 heterocycles. The minimum Gasteiger partial charge on any atom is -0.470 e. The molecule has 0 saturated heterocycles. The molecule has 0 spiro atoms. The lowest BCUT2D eigenvalue weighted by molar-refractivity contribution is 0.0928. The van der Waals surface area contributed by atoms with E-state index in [0.717, 1.165) is 12.0 Å². The van der Waals surface area contributed by atoms with Crippen LogP contribution in [0, 0.1) is 6.92 Å². The average Bonchev–Trinajstić information content (AvgIpc) is 3.15. The SMILES string of the molecule is CCC(NC(=O)c1ccn(COc2ccccc2Cl)n1)c1ccc(C)cc1. The number of hydrogen-bond donors (Lipinski definition) is 1. The fourth-order valence-corrected chi connectivity index (χ4v) is 2.89. The molecule has 3 aromatic rings. The van der Waals surface area contributed by atoms with Crippen molar-refractivity contribution in [1.29, 1.82) is 0 Å². The Morgan fingerprint density at radius 2 is 1.93 bits per heavy atom. The maximum Gasteiger partial charge on any atom is 0.272 e. The van der Waals surface area contributed by atoms with Gasteiger partial charge in [-0.15, -0.1) is 0 Å². The Labute approximate surface area is 163 Å². The molecular formula is C21H22ClN3O2. The van der Waals surface area contributed by atoms with Gasteiger partial charge in [0.2, 0.25) is 0 Å². The Morgan fingerprint density at radius 3 is 2.63 bits per heavy atom. The fraction of sp³-hybridized carbons (Fsp3) is 0.238. The van der Waals surface area contributed by atoms with Crippen molar-refractivity contribution in [2.45, 2.75) is 33.0 Å². The second-order valence-electron chi connectivity index (χ2n) is 6.29. The highest BCUT2D eigenvalue weighted by molar-refractivity contribution is 6.32. The second kappa shape index (κ2) is 8.73. The summed E-state index contributed by atoms with van der Waals surface area (Å²) in [6.07, 6.45) is 2.50. The molecule has 0 radical (unpaired) electrons. The summed E-state index contributed by atoms with van der Waals surface area (Å²) in [7, 11) is 0. The van der Waals surface area contributed by atoms with Crippen LogP contribution in [0.25, 0.3) is 0 Å². The van der Waals surface area contributed by atoms with E-state index in [1.807, 2.05) is 50.2 Å². The van der Waals surface area contributed by atoms with Gasteiger partial charge in [0.15, 0.2) is 6.73 Å². The number of carbonyl (C=O) groups is 1. The van der Waals surface area contributed by atoms with Crippen LogP contribution in [0.15, 0.2) is 60.8 Å². The Bertz CT molecular complexity index is 906. The lowest BCUT2D eigenvalue weighted by Gasteiger charge is -2.17. The van der Waals surface area contributed by atoms with Crippen molar-refractivity contribution >= 4 is 17.5 Å². The molecule has 0 fully saturated rings. The smallest absolute Gasteiger partial charge is 0.272 e. The van der Waals surface area contributed by atoms with Gasteiger partial charge < -0.3 is 10.1 Å². The van der Waals surface area contributed by atoms with Crippen LogP contribution in [0.1, 0.15) is 41.0 Å². The van der Waals surface area contributed by atoms with E-state index in [4.69, 9.17) is 16.3 Å². The maximum atomic E-state index is 12.5.